The second-order valence-electron chi connectivity index (χ2n) is 7.48. The molecule has 1 aromatic heterocycles. The predicted octanol–water partition coefficient (Wildman–Crippen LogP) is 4.25. The van der Waals surface area contributed by atoms with Crippen molar-refractivity contribution in [3.8, 4) is 10.6 Å². The summed E-state index contributed by atoms with van der Waals surface area (Å²) in [4.78, 5) is 32.6. The van der Waals surface area contributed by atoms with E-state index in [2.05, 4.69) is 24.0 Å². The zero-order valence-electron chi connectivity index (χ0n) is 18.3. The van der Waals surface area contributed by atoms with Gasteiger partial charge in [0.05, 0.1) is 0 Å². The molecule has 0 spiro atoms. The van der Waals surface area contributed by atoms with Crippen LogP contribution in [0.1, 0.15) is 28.5 Å². The van der Waals surface area contributed by atoms with Crippen LogP contribution in [0.2, 0.25) is 0 Å². The molecule has 0 aliphatic carbocycles. The topological polar surface area (TPSA) is 62.7 Å². The van der Waals surface area contributed by atoms with Crippen LogP contribution in [0.25, 0.3) is 10.6 Å². The van der Waals surface area contributed by atoms with E-state index in [1.807, 2.05) is 55.4 Å². The lowest BCUT2D eigenvalue weighted by Gasteiger charge is -2.18. The van der Waals surface area contributed by atoms with E-state index in [9.17, 15) is 9.59 Å². The predicted molar refractivity (Wildman–Crippen MR) is 124 cm³/mol. The van der Waals surface area contributed by atoms with Gasteiger partial charge >= 0.3 is 5.97 Å². The van der Waals surface area contributed by atoms with Crippen LogP contribution in [-0.2, 0) is 22.5 Å². The van der Waals surface area contributed by atoms with Crippen LogP contribution in [0.5, 0.6) is 0 Å². The average molecular weight is 438 g/mol. The van der Waals surface area contributed by atoms with E-state index in [0.29, 0.717) is 6.54 Å². The van der Waals surface area contributed by atoms with E-state index in [-0.39, 0.29) is 18.2 Å². The summed E-state index contributed by atoms with van der Waals surface area (Å²) in [6, 6.07) is 16.1. The molecular formula is C24H27N3O3S. The number of ether oxygens (including phenoxy) is 1. The highest BCUT2D eigenvalue weighted by atomic mass is 32.1. The molecule has 0 unspecified atom stereocenters. The lowest BCUT2D eigenvalue weighted by molar-refractivity contribution is -0.133. The average Bonchev–Trinajstić information content (AvgIpc) is 3.28. The highest BCUT2D eigenvalue weighted by molar-refractivity contribution is 7.13. The number of rotatable bonds is 8. The molecule has 0 fully saturated rings. The number of carbonyl (C=O) groups is 2. The summed E-state index contributed by atoms with van der Waals surface area (Å²) in [5.41, 5.74) is 4.52. The first kappa shape index (κ1) is 22.5. The van der Waals surface area contributed by atoms with Gasteiger partial charge in [-0.3, -0.25) is 4.79 Å². The molecule has 7 heteroatoms. The third-order valence-electron chi connectivity index (χ3n) is 4.95. The number of carbonyl (C=O) groups excluding carboxylic acids is 2. The Labute approximate surface area is 187 Å². The largest absolute Gasteiger partial charge is 0.451 e. The first-order valence-corrected chi connectivity index (χ1v) is 11.0. The molecule has 1 amide bonds. The monoisotopic (exact) mass is 437 g/mol. The smallest absolute Gasteiger partial charge is 0.358 e. The molecular weight excluding hydrogens is 410 g/mol. The maximum absolute atomic E-state index is 12.4. The Morgan fingerprint density at radius 1 is 0.968 bits per heavy atom. The zero-order chi connectivity index (χ0) is 22.4. The molecule has 0 saturated carbocycles. The Kier molecular flexibility index (Phi) is 7.41. The van der Waals surface area contributed by atoms with Crippen molar-refractivity contribution in [1.29, 1.82) is 0 Å². The number of anilines is 1. The minimum absolute atomic E-state index is 0.217. The summed E-state index contributed by atoms with van der Waals surface area (Å²) in [5.74, 6) is -0.861. The molecule has 0 aliphatic rings. The van der Waals surface area contributed by atoms with Gasteiger partial charge in [-0.05, 0) is 29.7 Å². The number of aromatic nitrogens is 1. The van der Waals surface area contributed by atoms with E-state index < -0.39 is 5.97 Å². The van der Waals surface area contributed by atoms with E-state index in [1.54, 1.807) is 17.3 Å². The summed E-state index contributed by atoms with van der Waals surface area (Å²) in [7, 11) is 5.65. The minimum atomic E-state index is -0.593. The van der Waals surface area contributed by atoms with Gasteiger partial charge in [0, 0.05) is 44.3 Å². The van der Waals surface area contributed by atoms with Gasteiger partial charge in [0.25, 0.3) is 5.91 Å². The Bertz CT molecular complexity index is 1030. The highest BCUT2D eigenvalue weighted by Gasteiger charge is 2.17. The molecule has 6 nitrogen and oxygen atoms in total. The van der Waals surface area contributed by atoms with Crippen molar-refractivity contribution in [3.05, 3.63) is 70.7 Å². The lowest BCUT2D eigenvalue weighted by atomic mass is 10.1. The third-order valence-corrected chi connectivity index (χ3v) is 5.84. The van der Waals surface area contributed by atoms with E-state index in [4.69, 9.17) is 4.74 Å². The highest BCUT2D eigenvalue weighted by Crippen LogP contribution is 2.24. The maximum atomic E-state index is 12.4. The number of hydrogen-bond donors (Lipinski definition) is 0. The Morgan fingerprint density at radius 3 is 2.23 bits per heavy atom. The van der Waals surface area contributed by atoms with E-state index >= 15 is 0 Å². The second-order valence-corrected chi connectivity index (χ2v) is 8.33. The first-order valence-electron chi connectivity index (χ1n) is 10.1. The number of hydrogen-bond acceptors (Lipinski definition) is 6. The number of amides is 1. The molecule has 0 radical (unpaired) electrons. The van der Waals surface area contributed by atoms with Crippen LogP contribution in [0.15, 0.2) is 53.9 Å². The molecule has 1 heterocycles. The van der Waals surface area contributed by atoms with Crippen molar-refractivity contribution in [2.24, 2.45) is 0 Å². The van der Waals surface area contributed by atoms with Crippen LogP contribution in [-0.4, -0.2) is 49.5 Å². The number of thiazole rings is 1. The van der Waals surface area contributed by atoms with Crippen molar-refractivity contribution in [2.45, 2.75) is 19.9 Å². The van der Waals surface area contributed by atoms with Gasteiger partial charge in [-0.1, -0.05) is 43.3 Å². The standard InChI is InChI=1S/C24H27N3O3S/c1-5-17-6-10-19(11-7-17)23-25-21(16-31-23)24(29)30-15-22(28)27(4)14-18-8-12-20(13-9-18)26(2)3/h6-13,16H,5,14-15H2,1-4H3. The fourth-order valence-electron chi connectivity index (χ4n) is 2.96. The molecule has 3 rings (SSSR count). The maximum Gasteiger partial charge on any atom is 0.358 e. The normalized spacial score (nSPS) is 10.6. The molecule has 31 heavy (non-hydrogen) atoms. The number of likely N-dealkylation sites (N-methyl/N-ethyl adjacent to an activating group) is 1. The molecule has 3 aromatic rings. The van der Waals surface area contributed by atoms with Crippen molar-refractivity contribution in [3.63, 3.8) is 0 Å². The zero-order valence-corrected chi connectivity index (χ0v) is 19.1. The summed E-state index contributed by atoms with van der Waals surface area (Å²) in [6.45, 7) is 2.23. The SMILES string of the molecule is CCc1ccc(-c2nc(C(=O)OCC(=O)N(C)Cc3ccc(N(C)C)cc3)cs2)cc1. The molecule has 0 N–H and O–H groups in total. The Balaban J connectivity index is 1.52. The summed E-state index contributed by atoms with van der Waals surface area (Å²) in [6.07, 6.45) is 0.972. The van der Waals surface area contributed by atoms with Crippen LogP contribution >= 0.6 is 11.3 Å². The third kappa shape index (κ3) is 5.92. The first-order chi connectivity index (χ1) is 14.9. The van der Waals surface area contributed by atoms with Crippen LogP contribution < -0.4 is 4.90 Å². The Hall–Kier alpha value is -3.19. The molecule has 0 bridgehead atoms. The van der Waals surface area contributed by atoms with Crippen molar-refractivity contribution in [2.75, 3.05) is 32.6 Å². The van der Waals surface area contributed by atoms with E-state index in [1.165, 1.54) is 16.9 Å². The quantitative estimate of drug-likeness (QED) is 0.493. The number of nitrogens with zero attached hydrogens (tertiary/aromatic N) is 3. The number of benzene rings is 2. The van der Waals surface area contributed by atoms with Gasteiger partial charge in [-0.25, -0.2) is 9.78 Å². The second kappa shape index (κ2) is 10.2. The molecule has 2 aromatic carbocycles. The van der Waals surface area contributed by atoms with E-state index in [0.717, 1.165) is 28.2 Å². The lowest BCUT2D eigenvalue weighted by Crippen LogP contribution is -2.30. The molecule has 162 valence electrons. The minimum Gasteiger partial charge on any atom is -0.451 e. The Morgan fingerprint density at radius 2 is 1.61 bits per heavy atom. The van der Waals surface area contributed by atoms with Crippen molar-refractivity contribution < 1.29 is 14.3 Å². The van der Waals surface area contributed by atoms with Crippen LogP contribution in [0.3, 0.4) is 0 Å². The van der Waals surface area contributed by atoms with Gasteiger partial charge in [0.2, 0.25) is 0 Å². The van der Waals surface area contributed by atoms with Crippen LogP contribution in [0, 0.1) is 0 Å². The van der Waals surface area contributed by atoms with Crippen LogP contribution in [0.4, 0.5) is 5.69 Å². The summed E-state index contributed by atoms with van der Waals surface area (Å²) < 4.78 is 5.19. The van der Waals surface area contributed by atoms with Crippen molar-refractivity contribution in [1.82, 2.24) is 9.88 Å². The van der Waals surface area contributed by atoms with Gasteiger partial charge < -0.3 is 14.5 Å². The van der Waals surface area contributed by atoms with Gasteiger partial charge in [-0.15, -0.1) is 11.3 Å². The summed E-state index contributed by atoms with van der Waals surface area (Å²) >= 11 is 1.38. The van der Waals surface area contributed by atoms with Crippen molar-refractivity contribution >= 4 is 28.9 Å². The summed E-state index contributed by atoms with van der Waals surface area (Å²) in [5, 5.41) is 2.41. The van der Waals surface area contributed by atoms with Gasteiger partial charge in [0.1, 0.15) is 5.01 Å². The number of esters is 1. The fraction of sp³-hybridized carbons (Fsp3) is 0.292. The van der Waals surface area contributed by atoms with Gasteiger partial charge in [0.15, 0.2) is 12.3 Å². The van der Waals surface area contributed by atoms with Gasteiger partial charge in [-0.2, -0.15) is 0 Å². The number of aryl methyl sites for hydroxylation is 1. The molecule has 0 aliphatic heterocycles. The molecule has 0 atom stereocenters. The fourth-order valence-corrected chi connectivity index (χ4v) is 3.75. The molecule has 0 saturated heterocycles.